The number of rotatable bonds is 4. The average molecular weight is 393 g/mol. The SMILES string of the molecule is CC(C)N1CCC(c2nsc3cc(Nc4n[nH]c5cccnc45)ccc23)CC1. The van der Waals surface area contributed by atoms with E-state index in [1.165, 1.54) is 41.7 Å². The number of piperidine rings is 1. The molecular formula is C21H24N6S. The summed E-state index contributed by atoms with van der Waals surface area (Å²) in [5, 5.41) is 12.1. The van der Waals surface area contributed by atoms with Gasteiger partial charge in [-0.2, -0.15) is 9.47 Å². The molecule has 6 nitrogen and oxygen atoms in total. The van der Waals surface area contributed by atoms with Crippen molar-refractivity contribution in [3.63, 3.8) is 0 Å². The Balaban J connectivity index is 1.38. The third kappa shape index (κ3) is 3.14. The lowest BCUT2D eigenvalue weighted by molar-refractivity contribution is 0.171. The van der Waals surface area contributed by atoms with Crippen molar-refractivity contribution >= 4 is 44.2 Å². The Morgan fingerprint density at radius 2 is 2.07 bits per heavy atom. The number of H-pyrrole nitrogens is 1. The zero-order chi connectivity index (χ0) is 19.1. The van der Waals surface area contributed by atoms with Crippen LogP contribution >= 0.6 is 11.5 Å². The Kier molecular flexibility index (Phi) is 4.49. The topological polar surface area (TPSA) is 69.7 Å². The number of aromatic nitrogens is 4. The minimum absolute atomic E-state index is 0.571. The fraction of sp³-hybridized carbons (Fsp3) is 0.381. The number of benzene rings is 1. The average Bonchev–Trinajstić information content (AvgIpc) is 3.32. The second-order valence-electron chi connectivity index (χ2n) is 7.78. The quantitative estimate of drug-likeness (QED) is 0.517. The summed E-state index contributed by atoms with van der Waals surface area (Å²) in [4.78, 5) is 6.98. The van der Waals surface area contributed by atoms with Crippen LogP contribution < -0.4 is 5.32 Å². The molecule has 0 radical (unpaired) electrons. The Morgan fingerprint density at radius 3 is 2.89 bits per heavy atom. The lowest BCUT2D eigenvalue weighted by atomic mass is 9.91. The first-order valence-corrected chi connectivity index (χ1v) is 10.7. The minimum Gasteiger partial charge on any atom is -0.337 e. The third-order valence-electron chi connectivity index (χ3n) is 5.73. The number of pyridine rings is 1. The first kappa shape index (κ1) is 17.6. The zero-order valence-electron chi connectivity index (χ0n) is 16.1. The van der Waals surface area contributed by atoms with E-state index >= 15 is 0 Å². The van der Waals surface area contributed by atoms with Crippen LogP contribution in [0.3, 0.4) is 0 Å². The van der Waals surface area contributed by atoms with Gasteiger partial charge in [-0.05, 0) is 81.6 Å². The minimum atomic E-state index is 0.571. The smallest absolute Gasteiger partial charge is 0.178 e. The third-order valence-corrected chi connectivity index (χ3v) is 6.55. The highest BCUT2D eigenvalue weighted by Crippen LogP contribution is 2.36. The molecule has 1 saturated heterocycles. The summed E-state index contributed by atoms with van der Waals surface area (Å²) in [6.45, 7) is 6.90. The van der Waals surface area contributed by atoms with E-state index in [-0.39, 0.29) is 0 Å². The van der Waals surface area contributed by atoms with Crippen LogP contribution in [0.1, 0.15) is 38.3 Å². The normalized spacial score (nSPS) is 16.4. The Morgan fingerprint density at radius 1 is 1.21 bits per heavy atom. The lowest BCUT2D eigenvalue weighted by Gasteiger charge is -2.34. The summed E-state index contributed by atoms with van der Waals surface area (Å²) >= 11 is 1.60. The lowest BCUT2D eigenvalue weighted by Crippen LogP contribution is -2.37. The van der Waals surface area contributed by atoms with Crippen LogP contribution in [0.25, 0.3) is 21.1 Å². The second kappa shape index (κ2) is 7.14. The van der Waals surface area contributed by atoms with Crippen LogP contribution in [-0.4, -0.2) is 43.6 Å². The molecule has 2 N–H and O–H groups in total. The van der Waals surface area contributed by atoms with E-state index in [0.29, 0.717) is 12.0 Å². The molecule has 144 valence electrons. The maximum atomic E-state index is 4.84. The number of nitrogens with zero attached hydrogens (tertiary/aromatic N) is 4. The van der Waals surface area contributed by atoms with Crippen LogP contribution in [-0.2, 0) is 0 Å². The van der Waals surface area contributed by atoms with E-state index in [0.717, 1.165) is 22.5 Å². The van der Waals surface area contributed by atoms with Gasteiger partial charge in [0, 0.05) is 29.2 Å². The zero-order valence-corrected chi connectivity index (χ0v) is 17.0. The first-order valence-electron chi connectivity index (χ1n) is 9.88. The van der Waals surface area contributed by atoms with Gasteiger partial charge in [-0.3, -0.25) is 10.1 Å². The van der Waals surface area contributed by atoms with Gasteiger partial charge in [0.25, 0.3) is 0 Å². The Hall–Kier alpha value is -2.51. The number of anilines is 2. The van der Waals surface area contributed by atoms with Crippen molar-refractivity contribution in [1.29, 1.82) is 0 Å². The molecule has 0 aliphatic carbocycles. The van der Waals surface area contributed by atoms with Crippen LogP contribution in [0.2, 0.25) is 0 Å². The predicted molar refractivity (Wildman–Crippen MR) is 115 cm³/mol. The molecule has 1 aromatic carbocycles. The summed E-state index contributed by atoms with van der Waals surface area (Å²) in [5.41, 5.74) is 4.07. The molecule has 3 aromatic heterocycles. The van der Waals surface area contributed by atoms with Crippen molar-refractivity contribution in [2.45, 2.75) is 38.6 Å². The fourth-order valence-electron chi connectivity index (χ4n) is 4.10. The molecule has 28 heavy (non-hydrogen) atoms. The van der Waals surface area contributed by atoms with E-state index in [1.54, 1.807) is 17.7 Å². The molecule has 0 amide bonds. The number of fused-ring (bicyclic) bond motifs is 2. The number of hydrogen-bond acceptors (Lipinski definition) is 6. The molecule has 4 heterocycles. The Labute approximate surface area is 168 Å². The highest BCUT2D eigenvalue weighted by molar-refractivity contribution is 7.13. The molecule has 0 atom stereocenters. The molecule has 1 fully saturated rings. The summed E-state index contributed by atoms with van der Waals surface area (Å²) < 4.78 is 6.06. The summed E-state index contributed by atoms with van der Waals surface area (Å²) in [7, 11) is 0. The van der Waals surface area contributed by atoms with Crippen LogP contribution in [0.15, 0.2) is 36.5 Å². The summed E-state index contributed by atoms with van der Waals surface area (Å²) in [6, 6.07) is 11.0. The maximum Gasteiger partial charge on any atom is 0.178 e. The highest BCUT2D eigenvalue weighted by atomic mass is 32.1. The molecule has 4 aromatic rings. The molecule has 5 rings (SSSR count). The molecule has 0 spiro atoms. The van der Waals surface area contributed by atoms with Gasteiger partial charge >= 0.3 is 0 Å². The molecular weight excluding hydrogens is 368 g/mol. The fourth-order valence-corrected chi connectivity index (χ4v) is 4.99. The van der Waals surface area contributed by atoms with Crippen LogP contribution in [0.5, 0.6) is 0 Å². The van der Waals surface area contributed by atoms with Gasteiger partial charge < -0.3 is 10.2 Å². The Bertz CT molecular complexity index is 1110. The van der Waals surface area contributed by atoms with Gasteiger partial charge in [-0.15, -0.1) is 0 Å². The van der Waals surface area contributed by atoms with Gasteiger partial charge in [-0.1, -0.05) is 0 Å². The second-order valence-corrected chi connectivity index (χ2v) is 8.58. The van der Waals surface area contributed by atoms with E-state index in [1.807, 2.05) is 12.1 Å². The number of aromatic amines is 1. The van der Waals surface area contributed by atoms with Gasteiger partial charge in [0.2, 0.25) is 0 Å². The van der Waals surface area contributed by atoms with Crippen molar-refractivity contribution in [1.82, 2.24) is 24.5 Å². The number of hydrogen-bond donors (Lipinski definition) is 2. The van der Waals surface area contributed by atoms with E-state index in [2.05, 4.69) is 57.4 Å². The van der Waals surface area contributed by atoms with Crippen molar-refractivity contribution in [2.75, 3.05) is 18.4 Å². The van der Waals surface area contributed by atoms with Crippen LogP contribution in [0, 0.1) is 0 Å². The van der Waals surface area contributed by atoms with E-state index < -0.39 is 0 Å². The maximum absolute atomic E-state index is 4.84. The number of likely N-dealkylation sites (tertiary alicyclic amines) is 1. The van der Waals surface area contributed by atoms with Gasteiger partial charge in [0.05, 0.1) is 15.9 Å². The molecule has 1 aliphatic rings. The van der Waals surface area contributed by atoms with Crippen LogP contribution in [0.4, 0.5) is 11.5 Å². The van der Waals surface area contributed by atoms with Crippen molar-refractivity contribution in [3.8, 4) is 0 Å². The van der Waals surface area contributed by atoms with E-state index in [9.17, 15) is 0 Å². The van der Waals surface area contributed by atoms with Crippen molar-refractivity contribution < 1.29 is 0 Å². The molecule has 0 saturated carbocycles. The highest BCUT2D eigenvalue weighted by Gasteiger charge is 2.25. The largest absolute Gasteiger partial charge is 0.337 e. The van der Waals surface area contributed by atoms with Crippen molar-refractivity contribution in [2.24, 2.45) is 0 Å². The molecule has 1 aliphatic heterocycles. The standard InChI is InChI=1S/C21H24N6S/c1-13(2)27-10-7-14(8-11-27)19-16-6-5-15(12-18(16)28-26-19)23-21-20-17(24-25-21)4-3-9-22-20/h3-6,9,12-14H,7-8,10-11H2,1-2H3,(H2,23,24,25). The van der Waals surface area contributed by atoms with Crippen molar-refractivity contribution in [3.05, 3.63) is 42.2 Å². The predicted octanol–water partition coefficient (Wildman–Crippen LogP) is 4.90. The van der Waals surface area contributed by atoms with E-state index in [4.69, 9.17) is 4.37 Å². The molecule has 7 heteroatoms. The first-order chi connectivity index (χ1) is 13.7. The van der Waals surface area contributed by atoms with Gasteiger partial charge in [0.1, 0.15) is 5.52 Å². The summed E-state index contributed by atoms with van der Waals surface area (Å²) in [6.07, 6.45) is 4.18. The van der Waals surface area contributed by atoms with Gasteiger partial charge in [0.15, 0.2) is 5.82 Å². The molecule has 0 unspecified atom stereocenters. The summed E-state index contributed by atoms with van der Waals surface area (Å²) in [5.74, 6) is 1.32. The monoisotopic (exact) mass is 392 g/mol. The number of nitrogens with one attached hydrogen (secondary N) is 2. The van der Waals surface area contributed by atoms with Gasteiger partial charge in [-0.25, -0.2) is 0 Å². The molecule has 0 bridgehead atoms.